The van der Waals surface area contributed by atoms with Gasteiger partial charge >= 0.3 is 0 Å². The number of hydrogen-bond donors (Lipinski definition) is 2. The Hall–Kier alpha value is -1.48. The zero-order chi connectivity index (χ0) is 16.8. The molecule has 0 radical (unpaired) electrons. The van der Waals surface area contributed by atoms with Gasteiger partial charge in [-0.3, -0.25) is 0 Å². The van der Waals surface area contributed by atoms with Crippen molar-refractivity contribution in [2.24, 2.45) is 4.99 Å². The number of guanidine groups is 1. The van der Waals surface area contributed by atoms with Crippen LogP contribution in [0.15, 0.2) is 40.0 Å². The molecule has 1 unspecified atom stereocenters. The van der Waals surface area contributed by atoms with Gasteiger partial charge in [0.25, 0.3) is 0 Å². The molecule has 7 heteroatoms. The first-order valence-corrected chi connectivity index (χ1v) is 9.13. The average molecular weight is 473 g/mol. The van der Waals surface area contributed by atoms with Crippen molar-refractivity contribution in [3.8, 4) is 11.5 Å². The molecule has 0 spiro atoms. The van der Waals surface area contributed by atoms with Gasteiger partial charge in [0.15, 0.2) is 17.5 Å². The first-order chi connectivity index (χ1) is 11.8. The second-order valence-electron chi connectivity index (χ2n) is 5.72. The van der Waals surface area contributed by atoms with Crippen LogP contribution in [0.2, 0.25) is 0 Å². The van der Waals surface area contributed by atoms with Gasteiger partial charge in [-0.05, 0) is 52.9 Å². The fourth-order valence-corrected chi connectivity index (χ4v) is 3.26. The minimum absolute atomic E-state index is 0. The molecule has 25 heavy (non-hydrogen) atoms. The molecule has 0 amide bonds. The Morgan fingerprint density at radius 3 is 2.84 bits per heavy atom. The maximum Gasteiger partial charge on any atom is 0.231 e. The third kappa shape index (κ3) is 5.50. The number of rotatable bonds is 6. The summed E-state index contributed by atoms with van der Waals surface area (Å²) < 4.78 is 10.7. The van der Waals surface area contributed by atoms with E-state index in [0.717, 1.165) is 36.1 Å². The monoisotopic (exact) mass is 473 g/mol. The molecule has 5 nitrogen and oxygen atoms in total. The predicted octanol–water partition coefficient (Wildman–Crippen LogP) is 3.95. The lowest BCUT2D eigenvalue weighted by Gasteiger charge is -2.15. The highest BCUT2D eigenvalue weighted by Gasteiger charge is 2.13. The lowest BCUT2D eigenvalue weighted by Crippen LogP contribution is -2.39. The number of nitrogens with zero attached hydrogens (tertiary/aromatic N) is 1. The maximum atomic E-state index is 5.41. The third-order valence-electron chi connectivity index (χ3n) is 3.89. The number of halogens is 1. The molecule has 1 aromatic heterocycles. The topological polar surface area (TPSA) is 54.9 Å². The number of fused-ring (bicyclic) bond motifs is 1. The Bertz CT molecular complexity index is 692. The summed E-state index contributed by atoms with van der Waals surface area (Å²) >= 11 is 1.73. The van der Waals surface area contributed by atoms with Crippen LogP contribution in [0.3, 0.4) is 0 Å². The number of nitrogens with one attached hydrogen (secondary N) is 2. The molecule has 1 aromatic carbocycles. The largest absolute Gasteiger partial charge is 0.454 e. The summed E-state index contributed by atoms with van der Waals surface area (Å²) in [6.45, 7) is 6.87. The molecule has 1 atom stereocenters. The summed E-state index contributed by atoms with van der Waals surface area (Å²) in [5.41, 5.74) is 2.46. The van der Waals surface area contributed by atoms with Crippen LogP contribution in [0, 0.1) is 0 Å². The first-order valence-electron chi connectivity index (χ1n) is 8.19. The summed E-state index contributed by atoms with van der Waals surface area (Å²) in [6.07, 6.45) is 0. The normalized spacial score (nSPS) is 13.9. The summed E-state index contributed by atoms with van der Waals surface area (Å²) in [6, 6.07) is 8.12. The van der Waals surface area contributed by atoms with Crippen molar-refractivity contribution in [1.29, 1.82) is 0 Å². The molecule has 136 valence electrons. The minimum Gasteiger partial charge on any atom is -0.454 e. The van der Waals surface area contributed by atoms with E-state index < -0.39 is 0 Å². The molecule has 0 aliphatic carbocycles. The Morgan fingerprint density at radius 1 is 1.24 bits per heavy atom. The Labute approximate surface area is 169 Å². The van der Waals surface area contributed by atoms with Crippen molar-refractivity contribution in [3.05, 3.63) is 46.2 Å². The molecule has 2 aromatic rings. The highest BCUT2D eigenvalue weighted by Crippen LogP contribution is 2.32. The lowest BCUT2D eigenvalue weighted by atomic mass is 10.1. The van der Waals surface area contributed by atoms with E-state index in [4.69, 9.17) is 9.47 Å². The first kappa shape index (κ1) is 19.8. The second-order valence-corrected chi connectivity index (χ2v) is 6.50. The van der Waals surface area contributed by atoms with Gasteiger partial charge in [-0.25, -0.2) is 4.99 Å². The minimum atomic E-state index is 0. The summed E-state index contributed by atoms with van der Waals surface area (Å²) in [5, 5.41) is 11.0. The van der Waals surface area contributed by atoms with Crippen molar-refractivity contribution in [2.45, 2.75) is 26.3 Å². The molecular formula is C18H24IN3O2S. The van der Waals surface area contributed by atoms with Gasteiger partial charge < -0.3 is 20.1 Å². The van der Waals surface area contributed by atoms with E-state index in [1.165, 1.54) is 5.56 Å². The molecule has 0 fully saturated rings. The van der Waals surface area contributed by atoms with E-state index in [1.807, 2.05) is 18.2 Å². The molecule has 3 rings (SSSR count). The van der Waals surface area contributed by atoms with E-state index in [0.29, 0.717) is 19.3 Å². The Kier molecular flexibility index (Phi) is 7.83. The lowest BCUT2D eigenvalue weighted by molar-refractivity contribution is 0.174. The van der Waals surface area contributed by atoms with Crippen LogP contribution in [0.5, 0.6) is 11.5 Å². The van der Waals surface area contributed by atoms with Crippen molar-refractivity contribution >= 4 is 41.3 Å². The quantitative estimate of drug-likeness (QED) is 0.379. The van der Waals surface area contributed by atoms with Crippen LogP contribution in [-0.2, 0) is 6.54 Å². The fourth-order valence-electron chi connectivity index (χ4n) is 2.47. The zero-order valence-electron chi connectivity index (χ0n) is 14.5. The number of benzene rings is 1. The summed E-state index contributed by atoms with van der Waals surface area (Å²) in [5.74, 6) is 2.88. The summed E-state index contributed by atoms with van der Waals surface area (Å²) in [7, 11) is 0. The van der Waals surface area contributed by atoms with E-state index in [-0.39, 0.29) is 24.0 Å². The van der Waals surface area contributed by atoms with Gasteiger partial charge in [-0.2, -0.15) is 11.3 Å². The van der Waals surface area contributed by atoms with Crippen LogP contribution in [0.1, 0.15) is 30.9 Å². The van der Waals surface area contributed by atoms with Gasteiger partial charge in [0.05, 0.1) is 6.54 Å². The smallest absolute Gasteiger partial charge is 0.231 e. The number of hydrogen-bond acceptors (Lipinski definition) is 4. The molecule has 0 saturated heterocycles. The van der Waals surface area contributed by atoms with Gasteiger partial charge in [0.2, 0.25) is 6.79 Å². The third-order valence-corrected chi connectivity index (χ3v) is 4.59. The second kappa shape index (κ2) is 9.86. The molecular weight excluding hydrogens is 449 g/mol. The SMILES string of the molecule is CCNC(=NCc1ccc2c(c1)OCO2)NCC(C)c1ccsc1.I. The Balaban J connectivity index is 0.00000225. The van der Waals surface area contributed by atoms with E-state index in [9.17, 15) is 0 Å². The van der Waals surface area contributed by atoms with Crippen molar-refractivity contribution in [2.75, 3.05) is 19.9 Å². The van der Waals surface area contributed by atoms with Crippen LogP contribution >= 0.6 is 35.3 Å². The number of ether oxygens (including phenoxy) is 2. The molecule has 2 heterocycles. The molecule has 1 aliphatic heterocycles. The van der Waals surface area contributed by atoms with E-state index in [2.05, 4.69) is 46.3 Å². The highest BCUT2D eigenvalue weighted by atomic mass is 127. The molecule has 1 aliphatic rings. The van der Waals surface area contributed by atoms with Gasteiger partial charge in [0.1, 0.15) is 0 Å². The molecule has 2 N–H and O–H groups in total. The summed E-state index contributed by atoms with van der Waals surface area (Å²) in [4.78, 5) is 4.66. The van der Waals surface area contributed by atoms with E-state index in [1.54, 1.807) is 11.3 Å². The van der Waals surface area contributed by atoms with Crippen molar-refractivity contribution in [1.82, 2.24) is 10.6 Å². The number of aliphatic imine (C=N–C) groups is 1. The predicted molar refractivity (Wildman–Crippen MR) is 114 cm³/mol. The van der Waals surface area contributed by atoms with Crippen molar-refractivity contribution < 1.29 is 9.47 Å². The zero-order valence-corrected chi connectivity index (χ0v) is 17.6. The number of thiophene rings is 1. The fraction of sp³-hybridized carbons (Fsp3) is 0.389. The van der Waals surface area contributed by atoms with Crippen LogP contribution in [0.25, 0.3) is 0 Å². The highest BCUT2D eigenvalue weighted by molar-refractivity contribution is 14.0. The Morgan fingerprint density at radius 2 is 2.08 bits per heavy atom. The van der Waals surface area contributed by atoms with Gasteiger partial charge in [-0.1, -0.05) is 13.0 Å². The molecule has 0 saturated carbocycles. The van der Waals surface area contributed by atoms with Crippen molar-refractivity contribution in [3.63, 3.8) is 0 Å². The maximum absolute atomic E-state index is 5.41. The van der Waals surface area contributed by atoms with Crippen LogP contribution in [-0.4, -0.2) is 25.8 Å². The van der Waals surface area contributed by atoms with Crippen LogP contribution < -0.4 is 20.1 Å². The average Bonchev–Trinajstić information content (AvgIpc) is 3.27. The van der Waals surface area contributed by atoms with E-state index >= 15 is 0 Å². The van der Waals surface area contributed by atoms with Gasteiger partial charge in [-0.15, -0.1) is 24.0 Å². The van der Waals surface area contributed by atoms with Gasteiger partial charge in [0, 0.05) is 13.1 Å². The van der Waals surface area contributed by atoms with Crippen LogP contribution in [0.4, 0.5) is 0 Å². The molecule has 0 bridgehead atoms. The standard InChI is InChI=1S/C18H23N3O2S.HI/c1-3-19-18(20-9-13(2)15-6-7-24-11-15)21-10-14-4-5-16-17(8-14)23-12-22-16;/h4-8,11,13H,3,9-10,12H2,1-2H3,(H2,19,20,21);1H.